The molecular formula is C18H21N3O2S. The Morgan fingerprint density at radius 3 is 3.00 bits per heavy atom. The molecule has 2 aromatic heterocycles. The van der Waals surface area contributed by atoms with E-state index in [1.54, 1.807) is 17.4 Å². The summed E-state index contributed by atoms with van der Waals surface area (Å²) in [5, 5.41) is 1.98. The average molecular weight is 343 g/mol. The normalized spacial score (nSPS) is 26.4. The van der Waals surface area contributed by atoms with Gasteiger partial charge in [0.05, 0.1) is 10.6 Å². The lowest BCUT2D eigenvalue weighted by Gasteiger charge is -2.32. The fourth-order valence-corrected chi connectivity index (χ4v) is 4.21. The molecule has 1 amide bonds. The fraction of sp³-hybridized carbons (Fsp3) is 0.500. The van der Waals surface area contributed by atoms with Crippen molar-refractivity contribution in [2.24, 2.45) is 11.8 Å². The summed E-state index contributed by atoms with van der Waals surface area (Å²) in [5.41, 5.74) is 0.602. The smallest absolute Gasteiger partial charge is 0.251 e. The van der Waals surface area contributed by atoms with Crippen molar-refractivity contribution < 1.29 is 4.79 Å². The lowest BCUT2D eigenvalue weighted by atomic mass is 9.96. The van der Waals surface area contributed by atoms with Gasteiger partial charge in [-0.1, -0.05) is 13.0 Å². The van der Waals surface area contributed by atoms with Crippen LogP contribution in [0.2, 0.25) is 0 Å². The number of hydrogen-bond donors (Lipinski definition) is 1. The van der Waals surface area contributed by atoms with Crippen molar-refractivity contribution in [3.8, 4) is 10.6 Å². The Morgan fingerprint density at radius 1 is 1.46 bits per heavy atom. The molecule has 1 aliphatic heterocycles. The Kier molecular flexibility index (Phi) is 4.00. The maximum Gasteiger partial charge on any atom is 0.251 e. The lowest BCUT2D eigenvalue weighted by Crippen LogP contribution is -2.40. The molecule has 6 heteroatoms. The van der Waals surface area contributed by atoms with E-state index >= 15 is 0 Å². The van der Waals surface area contributed by atoms with E-state index < -0.39 is 0 Å². The first kappa shape index (κ1) is 15.6. The minimum absolute atomic E-state index is 0.115. The van der Waals surface area contributed by atoms with E-state index in [-0.39, 0.29) is 23.3 Å². The molecule has 2 fully saturated rings. The molecule has 0 unspecified atom stereocenters. The minimum Gasteiger partial charge on any atom is -0.342 e. The van der Waals surface area contributed by atoms with Crippen LogP contribution in [0.15, 0.2) is 28.4 Å². The van der Waals surface area contributed by atoms with Crippen LogP contribution >= 0.6 is 11.3 Å². The summed E-state index contributed by atoms with van der Waals surface area (Å²) in [6.45, 7) is 3.62. The standard InChI is InChI=1S/C18H21N3O2S/c1-11-8-13(11)18(23)21-6-2-4-12(10-21)17-19-14(9-16(22)20-17)15-5-3-7-24-15/h3,5,7,9,11-13H,2,4,6,8,10H2,1H3,(H,19,20,22)/t11-,12-,13-/m1/s1. The number of amides is 1. The molecule has 3 heterocycles. The maximum atomic E-state index is 12.5. The summed E-state index contributed by atoms with van der Waals surface area (Å²) in [7, 11) is 0. The van der Waals surface area contributed by atoms with Crippen LogP contribution in [0.4, 0.5) is 0 Å². The number of piperidine rings is 1. The third kappa shape index (κ3) is 3.02. The molecule has 1 N–H and O–H groups in total. The molecule has 0 bridgehead atoms. The molecule has 4 rings (SSSR count). The van der Waals surface area contributed by atoms with Crippen LogP contribution in [0.5, 0.6) is 0 Å². The van der Waals surface area contributed by atoms with Gasteiger partial charge in [-0.05, 0) is 36.6 Å². The molecule has 5 nitrogen and oxygen atoms in total. The van der Waals surface area contributed by atoms with Crippen molar-refractivity contribution >= 4 is 17.2 Å². The maximum absolute atomic E-state index is 12.5. The molecule has 0 spiro atoms. The molecule has 2 aromatic rings. The van der Waals surface area contributed by atoms with Crippen LogP contribution in [0.1, 0.15) is 37.9 Å². The zero-order valence-corrected chi connectivity index (χ0v) is 14.5. The second kappa shape index (κ2) is 6.16. The van der Waals surface area contributed by atoms with Gasteiger partial charge in [0.25, 0.3) is 5.56 Å². The number of aromatic amines is 1. The highest BCUT2D eigenvalue weighted by Gasteiger charge is 2.42. The number of carbonyl (C=O) groups is 1. The van der Waals surface area contributed by atoms with E-state index in [0.29, 0.717) is 18.3 Å². The first-order valence-electron chi connectivity index (χ1n) is 8.56. The van der Waals surface area contributed by atoms with Gasteiger partial charge in [0, 0.05) is 31.0 Å². The van der Waals surface area contributed by atoms with E-state index in [4.69, 9.17) is 0 Å². The van der Waals surface area contributed by atoms with Crippen molar-refractivity contribution in [1.29, 1.82) is 0 Å². The summed E-state index contributed by atoms with van der Waals surface area (Å²) < 4.78 is 0. The summed E-state index contributed by atoms with van der Waals surface area (Å²) >= 11 is 1.58. The quantitative estimate of drug-likeness (QED) is 0.932. The van der Waals surface area contributed by atoms with Gasteiger partial charge in [0.2, 0.25) is 5.91 Å². The highest BCUT2D eigenvalue weighted by molar-refractivity contribution is 7.13. The van der Waals surface area contributed by atoms with E-state index in [9.17, 15) is 9.59 Å². The van der Waals surface area contributed by atoms with Gasteiger partial charge in [0.1, 0.15) is 5.82 Å². The zero-order chi connectivity index (χ0) is 16.7. The number of H-pyrrole nitrogens is 1. The van der Waals surface area contributed by atoms with Gasteiger partial charge < -0.3 is 9.88 Å². The van der Waals surface area contributed by atoms with Crippen molar-refractivity contribution in [2.75, 3.05) is 13.1 Å². The molecule has 1 aliphatic carbocycles. The molecular weight excluding hydrogens is 322 g/mol. The second-order valence-corrected chi connectivity index (χ2v) is 7.88. The monoisotopic (exact) mass is 343 g/mol. The number of nitrogens with zero attached hydrogens (tertiary/aromatic N) is 2. The number of hydrogen-bond acceptors (Lipinski definition) is 4. The van der Waals surface area contributed by atoms with Crippen molar-refractivity contribution in [3.05, 3.63) is 39.8 Å². The lowest BCUT2D eigenvalue weighted by molar-refractivity contribution is -0.134. The molecule has 1 saturated carbocycles. The van der Waals surface area contributed by atoms with Gasteiger partial charge in [-0.3, -0.25) is 9.59 Å². The minimum atomic E-state index is -0.123. The van der Waals surface area contributed by atoms with Crippen LogP contribution < -0.4 is 5.56 Å². The Hall–Kier alpha value is -1.95. The van der Waals surface area contributed by atoms with E-state index in [0.717, 1.165) is 36.4 Å². The third-order valence-corrected chi connectivity index (χ3v) is 5.97. The van der Waals surface area contributed by atoms with E-state index in [1.165, 1.54) is 0 Å². The summed E-state index contributed by atoms with van der Waals surface area (Å²) in [5.74, 6) is 1.85. The van der Waals surface area contributed by atoms with Gasteiger partial charge in [-0.15, -0.1) is 11.3 Å². The highest BCUT2D eigenvalue weighted by Crippen LogP contribution is 2.40. The molecule has 1 saturated heterocycles. The van der Waals surface area contributed by atoms with Crippen LogP contribution in [0, 0.1) is 11.8 Å². The van der Waals surface area contributed by atoms with Gasteiger partial charge in [-0.2, -0.15) is 0 Å². The molecule has 126 valence electrons. The highest BCUT2D eigenvalue weighted by atomic mass is 32.1. The van der Waals surface area contributed by atoms with Crippen LogP contribution in [-0.2, 0) is 4.79 Å². The third-order valence-electron chi connectivity index (χ3n) is 5.08. The van der Waals surface area contributed by atoms with E-state index in [1.807, 2.05) is 22.4 Å². The van der Waals surface area contributed by atoms with Crippen molar-refractivity contribution in [3.63, 3.8) is 0 Å². The molecule has 0 aromatic carbocycles. The molecule has 3 atom stereocenters. The number of aromatic nitrogens is 2. The number of likely N-dealkylation sites (tertiary alicyclic amines) is 1. The first-order chi connectivity index (χ1) is 11.6. The van der Waals surface area contributed by atoms with Gasteiger partial charge in [-0.25, -0.2) is 4.98 Å². The first-order valence-corrected chi connectivity index (χ1v) is 9.43. The topological polar surface area (TPSA) is 66.1 Å². The number of rotatable bonds is 3. The Morgan fingerprint density at radius 2 is 2.29 bits per heavy atom. The second-order valence-electron chi connectivity index (χ2n) is 6.94. The Balaban J connectivity index is 1.57. The summed E-state index contributed by atoms with van der Waals surface area (Å²) in [4.78, 5) is 35.1. The van der Waals surface area contributed by atoms with Gasteiger partial charge >= 0.3 is 0 Å². The summed E-state index contributed by atoms with van der Waals surface area (Å²) in [6, 6.07) is 5.48. The Labute approximate surface area is 144 Å². The summed E-state index contributed by atoms with van der Waals surface area (Å²) in [6.07, 6.45) is 2.94. The van der Waals surface area contributed by atoms with Gasteiger partial charge in [0.15, 0.2) is 0 Å². The SMILES string of the molecule is C[C@@H]1C[C@H]1C(=O)N1CCC[C@@H](c2nc(-c3cccs3)cc(=O)[nH]2)C1. The zero-order valence-electron chi connectivity index (χ0n) is 13.7. The van der Waals surface area contributed by atoms with Crippen LogP contribution in [0.3, 0.4) is 0 Å². The average Bonchev–Trinajstić information content (AvgIpc) is 3.09. The Bertz CT molecular complexity index is 799. The van der Waals surface area contributed by atoms with Crippen molar-refractivity contribution in [2.45, 2.75) is 32.1 Å². The fourth-order valence-electron chi connectivity index (χ4n) is 3.52. The predicted octanol–water partition coefficient (Wildman–Crippen LogP) is 2.86. The van der Waals surface area contributed by atoms with E-state index in [2.05, 4.69) is 16.9 Å². The molecule has 0 radical (unpaired) electrons. The van der Waals surface area contributed by atoms with Crippen LogP contribution in [-0.4, -0.2) is 33.9 Å². The number of carbonyl (C=O) groups excluding carboxylic acids is 1. The largest absolute Gasteiger partial charge is 0.342 e. The van der Waals surface area contributed by atoms with Crippen LogP contribution in [0.25, 0.3) is 10.6 Å². The molecule has 2 aliphatic rings. The van der Waals surface area contributed by atoms with Crippen molar-refractivity contribution in [1.82, 2.24) is 14.9 Å². The number of nitrogens with one attached hydrogen (secondary N) is 1. The predicted molar refractivity (Wildman–Crippen MR) is 94.0 cm³/mol. The molecule has 24 heavy (non-hydrogen) atoms. The number of thiophene rings is 1.